The van der Waals surface area contributed by atoms with Gasteiger partial charge in [0.25, 0.3) is 0 Å². The van der Waals surface area contributed by atoms with Crippen molar-refractivity contribution in [1.82, 2.24) is 0 Å². The lowest BCUT2D eigenvalue weighted by Crippen LogP contribution is -2.06. The first kappa shape index (κ1) is 15.4. The van der Waals surface area contributed by atoms with Crippen LogP contribution in [0.15, 0.2) is 10.9 Å². The van der Waals surface area contributed by atoms with Crippen LogP contribution in [0.3, 0.4) is 0 Å². The van der Waals surface area contributed by atoms with Crippen LogP contribution in [-0.4, -0.2) is 26.3 Å². The highest BCUT2D eigenvalue weighted by molar-refractivity contribution is 7.58. The van der Waals surface area contributed by atoms with Gasteiger partial charge in [-0.25, -0.2) is 4.79 Å². The summed E-state index contributed by atoms with van der Waals surface area (Å²) in [5.41, 5.74) is 0.257. The molecule has 0 N–H and O–H groups in total. The summed E-state index contributed by atoms with van der Waals surface area (Å²) in [4.78, 5) is 11.3. The lowest BCUT2D eigenvalue weighted by molar-refractivity contribution is -0.136. The van der Waals surface area contributed by atoms with Gasteiger partial charge in [-0.2, -0.15) is 0 Å². The Bertz CT molecular complexity index is 311. The lowest BCUT2D eigenvalue weighted by atomic mass is 10.3. The van der Waals surface area contributed by atoms with Crippen molar-refractivity contribution in [2.75, 3.05) is 20.3 Å². The molecule has 0 aromatic carbocycles. The van der Waals surface area contributed by atoms with Crippen molar-refractivity contribution in [3.8, 4) is 0 Å². The zero-order valence-corrected chi connectivity index (χ0v) is 11.3. The predicted octanol–water partition coefficient (Wildman–Crippen LogP) is 2.72. The van der Waals surface area contributed by atoms with Gasteiger partial charge in [-0.1, -0.05) is 0 Å². The van der Waals surface area contributed by atoms with E-state index in [-0.39, 0.29) is 18.8 Å². The summed E-state index contributed by atoms with van der Waals surface area (Å²) in [6.07, 6.45) is 0. The summed E-state index contributed by atoms with van der Waals surface area (Å²) in [7, 11) is -2.09. The zero-order chi connectivity index (χ0) is 12.8. The maximum Gasteiger partial charge on any atom is 0.357 e. The summed E-state index contributed by atoms with van der Waals surface area (Å²) in [6, 6.07) is 0. The minimum absolute atomic E-state index is 0.253. The second-order valence-corrected chi connectivity index (χ2v) is 5.22. The maximum absolute atomic E-state index is 12.3. The van der Waals surface area contributed by atoms with E-state index < -0.39 is 13.6 Å². The predicted molar refractivity (Wildman–Crippen MR) is 61.2 cm³/mol. The Morgan fingerprint density at radius 3 is 1.88 bits per heavy atom. The normalized spacial score (nSPS) is 13.3. The molecule has 0 amide bonds. The third-order valence-corrected chi connectivity index (χ3v) is 4.40. The second kappa shape index (κ2) is 6.84. The van der Waals surface area contributed by atoms with Crippen LogP contribution in [0.4, 0.5) is 0 Å². The number of allylic oxidation sites excluding steroid dienone is 1. The largest absolute Gasteiger partial charge is 0.466 e. The van der Waals surface area contributed by atoms with Gasteiger partial charge >= 0.3 is 13.6 Å². The Morgan fingerprint density at radius 1 is 1.12 bits per heavy atom. The minimum atomic E-state index is -3.35. The van der Waals surface area contributed by atoms with Gasteiger partial charge in [-0.15, -0.1) is 0 Å². The van der Waals surface area contributed by atoms with E-state index in [0.29, 0.717) is 5.31 Å². The first-order valence-corrected chi connectivity index (χ1v) is 6.62. The van der Waals surface area contributed by atoms with Gasteiger partial charge in [0.15, 0.2) is 0 Å². The Morgan fingerprint density at radius 2 is 1.56 bits per heavy atom. The first-order chi connectivity index (χ1) is 7.42. The molecular weight excluding hydrogens is 231 g/mol. The van der Waals surface area contributed by atoms with Crippen LogP contribution in [0.25, 0.3) is 0 Å². The average molecular weight is 250 g/mol. The molecule has 94 valence electrons. The SMILES string of the molecule is CCOP(=O)(OCC)/C(C)=C(/C)C(=O)OC. The number of ether oxygens (including phenoxy) is 1. The maximum atomic E-state index is 12.3. The van der Waals surface area contributed by atoms with Crippen LogP contribution in [0, 0.1) is 0 Å². The lowest BCUT2D eigenvalue weighted by Gasteiger charge is -2.18. The van der Waals surface area contributed by atoms with Crippen LogP contribution in [-0.2, 0) is 23.1 Å². The summed E-state index contributed by atoms with van der Waals surface area (Å²) in [6.45, 7) is 7.02. The molecule has 16 heavy (non-hydrogen) atoms. The zero-order valence-electron chi connectivity index (χ0n) is 10.4. The summed E-state index contributed by atoms with van der Waals surface area (Å²) >= 11 is 0. The highest BCUT2D eigenvalue weighted by atomic mass is 31.2. The van der Waals surface area contributed by atoms with Crippen molar-refractivity contribution in [2.45, 2.75) is 27.7 Å². The van der Waals surface area contributed by atoms with Crippen molar-refractivity contribution in [3.05, 3.63) is 10.9 Å². The molecule has 0 spiro atoms. The standard InChI is InChI=1S/C10H19O5P/c1-6-14-16(12,15-7-2)9(4)8(3)10(11)13-5/h6-7H2,1-5H3/b9-8-. The number of hydrogen-bond donors (Lipinski definition) is 0. The molecule has 0 rings (SSSR count). The van der Waals surface area contributed by atoms with Crippen LogP contribution < -0.4 is 0 Å². The van der Waals surface area contributed by atoms with Crippen molar-refractivity contribution in [2.24, 2.45) is 0 Å². The molecule has 0 aromatic heterocycles. The molecule has 0 radical (unpaired) electrons. The van der Waals surface area contributed by atoms with Gasteiger partial charge in [0.2, 0.25) is 0 Å². The Labute approximate surface area is 96.3 Å². The first-order valence-electron chi connectivity index (χ1n) is 5.08. The monoisotopic (exact) mass is 250 g/mol. The molecule has 0 aromatic rings. The van der Waals surface area contributed by atoms with E-state index in [1.165, 1.54) is 14.0 Å². The number of rotatable bonds is 6. The number of hydrogen-bond acceptors (Lipinski definition) is 5. The van der Waals surface area contributed by atoms with Crippen molar-refractivity contribution < 1.29 is 23.1 Å². The topological polar surface area (TPSA) is 61.8 Å². The van der Waals surface area contributed by atoms with E-state index in [0.717, 1.165) is 0 Å². The van der Waals surface area contributed by atoms with E-state index in [1.807, 2.05) is 0 Å². The van der Waals surface area contributed by atoms with E-state index in [4.69, 9.17) is 9.05 Å². The molecule has 0 atom stereocenters. The molecule has 0 aliphatic rings. The van der Waals surface area contributed by atoms with Gasteiger partial charge in [0.1, 0.15) is 0 Å². The Hall–Kier alpha value is -0.640. The van der Waals surface area contributed by atoms with E-state index in [1.54, 1.807) is 20.8 Å². The molecule has 0 saturated heterocycles. The van der Waals surface area contributed by atoms with Crippen LogP contribution in [0.2, 0.25) is 0 Å². The molecule has 0 aliphatic carbocycles. The highest BCUT2D eigenvalue weighted by Gasteiger charge is 2.29. The van der Waals surface area contributed by atoms with Gasteiger partial charge < -0.3 is 13.8 Å². The Kier molecular flexibility index (Phi) is 6.56. The summed E-state index contributed by atoms with van der Waals surface area (Å²) in [5.74, 6) is -0.530. The van der Waals surface area contributed by atoms with Gasteiger partial charge in [-0.05, 0) is 27.7 Å². The van der Waals surface area contributed by atoms with Crippen molar-refractivity contribution >= 4 is 13.6 Å². The summed E-state index contributed by atoms with van der Waals surface area (Å²) in [5, 5.41) is 0.294. The van der Waals surface area contributed by atoms with Crippen LogP contribution in [0.1, 0.15) is 27.7 Å². The molecular formula is C10H19O5P. The minimum Gasteiger partial charge on any atom is -0.466 e. The Balaban J connectivity index is 5.21. The van der Waals surface area contributed by atoms with Gasteiger partial charge in [0, 0.05) is 10.9 Å². The van der Waals surface area contributed by atoms with E-state index >= 15 is 0 Å². The van der Waals surface area contributed by atoms with Gasteiger partial charge in [0.05, 0.1) is 20.3 Å². The number of methoxy groups -OCH3 is 1. The highest BCUT2D eigenvalue weighted by Crippen LogP contribution is 2.56. The molecule has 0 unspecified atom stereocenters. The third-order valence-electron chi connectivity index (χ3n) is 2.04. The number of esters is 1. The fourth-order valence-corrected chi connectivity index (χ4v) is 2.72. The molecule has 6 heteroatoms. The molecule has 5 nitrogen and oxygen atoms in total. The third kappa shape index (κ3) is 3.74. The summed E-state index contributed by atoms with van der Waals surface area (Å²) < 4.78 is 27.1. The molecule has 0 heterocycles. The number of carbonyl (C=O) groups excluding carboxylic acids is 1. The fourth-order valence-electron chi connectivity index (χ4n) is 1.08. The van der Waals surface area contributed by atoms with E-state index in [9.17, 15) is 9.36 Å². The smallest absolute Gasteiger partial charge is 0.357 e. The van der Waals surface area contributed by atoms with Crippen molar-refractivity contribution in [1.29, 1.82) is 0 Å². The molecule has 0 saturated carbocycles. The second-order valence-electron chi connectivity index (χ2n) is 3.04. The van der Waals surface area contributed by atoms with Crippen molar-refractivity contribution in [3.63, 3.8) is 0 Å². The van der Waals surface area contributed by atoms with E-state index in [2.05, 4.69) is 4.74 Å². The van der Waals surface area contributed by atoms with Crippen LogP contribution in [0.5, 0.6) is 0 Å². The molecule has 0 bridgehead atoms. The van der Waals surface area contributed by atoms with Crippen LogP contribution >= 0.6 is 7.60 Å². The average Bonchev–Trinajstić information content (AvgIpc) is 2.26. The molecule has 0 aliphatic heterocycles. The number of carbonyl (C=O) groups is 1. The quantitative estimate of drug-likeness (QED) is 0.412. The molecule has 0 fully saturated rings. The fraction of sp³-hybridized carbons (Fsp3) is 0.700. The van der Waals surface area contributed by atoms with Gasteiger partial charge in [-0.3, -0.25) is 4.57 Å².